The first-order chi connectivity index (χ1) is 14.9. The highest BCUT2D eigenvalue weighted by molar-refractivity contribution is 5.76. The molecule has 2 aliphatic carbocycles. The van der Waals surface area contributed by atoms with Crippen LogP contribution in [-0.4, -0.2) is 61.4 Å². The smallest absolute Gasteiger partial charge is 0.311 e. The Bertz CT molecular complexity index is 887. The molecule has 0 bridgehead atoms. The third-order valence-corrected chi connectivity index (χ3v) is 9.21. The zero-order valence-electron chi connectivity index (χ0n) is 18.6. The number of hydrogen-bond acceptors (Lipinski definition) is 5. The summed E-state index contributed by atoms with van der Waals surface area (Å²) < 4.78 is 26.7. The van der Waals surface area contributed by atoms with Gasteiger partial charge in [0.2, 0.25) is 0 Å². The quantitative estimate of drug-likeness (QED) is 0.545. The van der Waals surface area contributed by atoms with Crippen LogP contribution < -0.4 is 4.90 Å². The first-order valence-corrected chi connectivity index (χ1v) is 12.0. The number of esters is 1. The maximum Gasteiger partial charge on any atom is 0.311 e. The van der Waals surface area contributed by atoms with Crippen molar-refractivity contribution in [3.05, 3.63) is 30.1 Å². The van der Waals surface area contributed by atoms with Gasteiger partial charge in [-0.3, -0.25) is 9.69 Å². The molecule has 7 atom stereocenters. The van der Waals surface area contributed by atoms with Gasteiger partial charge in [-0.15, -0.1) is 0 Å². The van der Waals surface area contributed by atoms with Crippen LogP contribution in [0.25, 0.3) is 0 Å². The number of fused-ring (bicyclic) bond motifs is 2. The van der Waals surface area contributed by atoms with E-state index < -0.39 is 0 Å². The summed E-state index contributed by atoms with van der Waals surface area (Å²) in [6.07, 6.45) is 4.77. The predicted octanol–water partition coefficient (Wildman–Crippen LogP) is 3.47. The average Bonchev–Trinajstić information content (AvgIpc) is 3.44. The zero-order valence-corrected chi connectivity index (χ0v) is 18.6. The highest BCUT2D eigenvalue weighted by Crippen LogP contribution is 2.70. The van der Waals surface area contributed by atoms with Gasteiger partial charge >= 0.3 is 5.97 Å². The van der Waals surface area contributed by atoms with E-state index >= 15 is 0 Å². The fourth-order valence-electron chi connectivity index (χ4n) is 7.60. The molecule has 2 saturated carbocycles. The molecule has 3 saturated heterocycles. The Morgan fingerprint density at radius 3 is 2.74 bits per heavy atom. The summed E-state index contributed by atoms with van der Waals surface area (Å²) in [5.74, 6) is 0.435. The van der Waals surface area contributed by atoms with Gasteiger partial charge in [-0.2, -0.15) is 0 Å². The van der Waals surface area contributed by atoms with E-state index in [4.69, 9.17) is 9.47 Å². The van der Waals surface area contributed by atoms with Crippen molar-refractivity contribution in [1.82, 2.24) is 4.90 Å². The van der Waals surface area contributed by atoms with E-state index in [1.165, 1.54) is 25.3 Å². The van der Waals surface area contributed by atoms with Crippen molar-refractivity contribution in [2.24, 2.45) is 23.2 Å². The number of anilines is 1. The molecule has 168 valence electrons. The molecule has 1 aromatic rings. The predicted molar refractivity (Wildman–Crippen MR) is 115 cm³/mol. The van der Waals surface area contributed by atoms with Crippen LogP contribution in [0.2, 0.25) is 0 Å². The van der Waals surface area contributed by atoms with Gasteiger partial charge in [0.1, 0.15) is 17.5 Å². The number of halogens is 1. The number of epoxide rings is 1. The van der Waals surface area contributed by atoms with Gasteiger partial charge in [0.25, 0.3) is 0 Å². The molecule has 6 rings (SSSR count). The van der Waals surface area contributed by atoms with Crippen LogP contribution in [0.3, 0.4) is 0 Å². The molecule has 1 spiro atoms. The number of ether oxygens (including phenoxy) is 2. The van der Waals surface area contributed by atoms with Crippen molar-refractivity contribution in [2.45, 2.75) is 57.3 Å². The lowest BCUT2D eigenvalue weighted by atomic mass is 9.53. The molecule has 1 aromatic carbocycles. The monoisotopic (exact) mass is 428 g/mol. The van der Waals surface area contributed by atoms with Crippen LogP contribution in [0.5, 0.6) is 0 Å². The largest absolute Gasteiger partial charge is 0.462 e. The van der Waals surface area contributed by atoms with Gasteiger partial charge in [-0.1, -0.05) is 32.4 Å². The van der Waals surface area contributed by atoms with Crippen molar-refractivity contribution in [1.29, 1.82) is 0 Å². The first-order valence-electron chi connectivity index (χ1n) is 12.0. The minimum absolute atomic E-state index is 0.00753. The van der Waals surface area contributed by atoms with Crippen molar-refractivity contribution in [3.8, 4) is 0 Å². The van der Waals surface area contributed by atoms with Crippen LogP contribution in [0.15, 0.2) is 24.3 Å². The van der Waals surface area contributed by atoms with Gasteiger partial charge in [0.15, 0.2) is 0 Å². The summed E-state index contributed by atoms with van der Waals surface area (Å²) in [6, 6.07) is 6.98. The summed E-state index contributed by atoms with van der Waals surface area (Å²) in [5.41, 5.74) is 0.771. The molecule has 0 N–H and O–H groups in total. The second-order valence-corrected chi connectivity index (χ2v) is 10.8. The van der Waals surface area contributed by atoms with E-state index in [0.29, 0.717) is 11.6 Å². The van der Waals surface area contributed by atoms with Gasteiger partial charge < -0.3 is 14.4 Å². The summed E-state index contributed by atoms with van der Waals surface area (Å²) in [5, 5.41) is 0. The SMILES string of the molecule is C[C@H]1CCC[C@]2(C)C[C@H]3OC(=O)C(CN4CCN(c5ccccc5F)CC4)[C@H]3[C@@H]3O[C@@]132. The lowest BCUT2D eigenvalue weighted by Crippen LogP contribution is -2.55. The molecule has 31 heavy (non-hydrogen) atoms. The Morgan fingerprint density at radius 2 is 1.97 bits per heavy atom. The van der Waals surface area contributed by atoms with Crippen LogP contribution >= 0.6 is 0 Å². The molecular formula is C25H33FN2O3. The molecule has 3 aliphatic heterocycles. The molecule has 5 nitrogen and oxygen atoms in total. The molecule has 3 heterocycles. The van der Waals surface area contributed by atoms with Gasteiger partial charge in [0.05, 0.1) is 17.7 Å². The average molecular weight is 429 g/mol. The number of nitrogens with zero attached hydrogens (tertiary/aromatic N) is 2. The number of rotatable bonds is 3. The molecule has 5 aliphatic rings. The second kappa shape index (κ2) is 6.92. The summed E-state index contributed by atoms with van der Waals surface area (Å²) in [4.78, 5) is 17.4. The highest BCUT2D eigenvalue weighted by atomic mass is 19.1. The third-order valence-electron chi connectivity index (χ3n) is 9.21. The molecule has 0 radical (unpaired) electrons. The van der Waals surface area contributed by atoms with E-state index in [9.17, 15) is 9.18 Å². The third kappa shape index (κ3) is 2.83. The minimum atomic E-state index is -0.166. The van der Waals surface area contributed by atoms with Crippen molar-refractivity contribution in [2.75, 3.05) is 37.6 Å². The Morgan fingerprint density at radius 1 is 1.19 bits per heavy atom. The summed E-state index contributed by atoms with van der Waals surface area (Å²) >= 11 is 0. The second-order valence-electron chi connectivity index (χ2n) is 10.8. The van der Waals surface area contributed by atoms with Crippen LogP contribution in [-0.2, 0) is 14.3 Å². The van der Waals surface area contributed by atoms with Gasteiger partial charge in [-0.05, 0) is 37.3 Å². The fourth-order valence-corrected chi connectivity index (χ4v) is 7.60. The first kappa shape index (κ1) is 20.0. The maximum absolute atomic E-state index is 14.2. The molecule has 0 amide bonds. The summed E-state index contributed by atoms with van der Waals surface area (Å²) in [7, 11) is 0. The Balaban J connectivity index is 1.15. The van der Waals surface area contributed by atoms with E-state index in [0.717, 1.165) is 39.1 Å². The van der Waals surface area contributed by atoms with Crippen LogP contribution in [0.1, 0.15) is 39.5 Å². The summed E-state index contributed by atoms with van der Waals surface area (Å²) in [6.45, 7) is 8.65. The molecule has 0 aromatic heterocycles. The molecule has 1 unspecified atom stereocenters. The highest BCUT2D eigenvalue weighted by Gasteiger charge is 2.78. The molecule has 5 fully saturated rings. The van der Waals surface area contributed by atoms with E-state index in [1.807, 2.05) is 12.1 Å². The maximum atomic E-state index is 14.2. The Kier molecular flexibility index (Phi) is 4.46. The van der Waals surface area contributed by atoms with Crippen LogP contribution in [0, 0.1) is 29.0 Å². The minimum Gasteiger partial charge on any atom is -0.462 e. The lowest BCUT2D eigenvalue weighted by Gasteiger charge is -2.49. The number of hydrogen-bond donors (Lipinski definition) is 0. The zero-order chi connectivity index (χ0) is 21.4. The number of carbonyl (C=O) groups is 1. The lowest BCUT2D eigenvalue weighted by molar-refractivity contribution is -0.146. The van der Waals surface area contributed by atoms with Crippen molar-refractivity contribution in [3.63, 3.8) is 0 Å². The van der Waals surface area contributed by atoms with Gasteiger partial charge in [0, 0.05) is 44.1 Å². The Hall–Kier alpha value is -1.66. The van der Waals surface area contributed by atoms with Crippen LogP contribution in [0.4, 0.5) is 10.1 Å². The van der Waals surface area contributed by atoms with E-state index in [2.05, 4.69) is 23.6 Å². The van der Waals surface area contributed by atoms with Gasteiger partial charge in [-0.25, -0.2) is 4.39 Å². The standard InChI is InChI=1S/C25H33FN2O3/c1-16-6-5-9-24(2)14-20-21(22-25(16,24)31-22)17(23(29)30-20)15-27-10-12-28(13-11-27)19-8-4-3-7-18(19)26/h3-4,7-8,16-17,20-22H,5-6,9-15H2,1-2H3/t16-,17?,20+,21+,22-,24+,25-/m0/s1. The topological polar surface area (TPSA) is 45.3 Å². The number of para-hydroxylation sites is 1. The fraction of sp³-hybridized carbons (Fsp3) is 0.720. The molecule has 6 heteroatoms. The van der Waals surface area contributed by atoms with E-state index in [1.54, 1.807) is 6.07 Å². The number of carbonyl (C=O) groups excluding carboxylic acids is 1. The van der Waals surface area contributed by atoms with Crippen molar-refractivity contribution >= 4 is 11.7 Å². The normalized spacial score (nSPS) is 44.3. The molecular weight excluding hydrogens is 395 g/mol. The van der Waals surface area contributed by atoms with E-state index in [-0.39, 0.29) is 46.8 Å². The van der Waals surface area contributed by atoms with Crippen molar-refractivity contribution < 1.29 is 18.7 Å². The Labute approximate surface area is 183 Å². The number of piperazine rings is 1. The number of benzene rings is 1.